The summed E-state index contributed by atoms with van der Waals surface area (Å²) < 4.78 is 0. The molecule has 0 heterocycles. The topological polar surface area (TPSA) is 72.0 Å². The van der Waals surface area contributed by atoms with Crippen LogP contribution in [0.15, 0.2) is 29.3 Å². The first-order valence-corrected chi connectivity index (χ1v) is 10.5. The van der Waals surface area contributed by atoms with Crippen molar-refractivity contribution in [1.82, 2.24) is 25.8 Å². The second kappa shape index (κ2) is 13.2. The van der Waals surface area contributed by atoms with Crippen LogP contribution < -0.4 is 16.0 Å². The Morgan fingerprint density at radius 1 is 1.00 bits per heavy atom. The molecule has 0 saturated heterocycles. The van der Waals surface area contributed by atoms with Gasteiger partial charge in [-0.05, 0) is 59.5 Å². The highest BCUT2D eigenvalue weighted by Crippen LogP contribution is 2.06. The SMILES string of the molecule is CN=C(NCCN(C(C)C)C(C)C)NCc1cccc(C(=O)NCCN(C)C)c1. The molecule has 0 aliphatic carbocycles. The van der Waals surface area contributed by atoms with Crippen LogP contribution in [-0.4, -0.2) is 81.1 Å². The van der Waals surface area contributed by atoms with Crippen molar-refractivity contribution in [3.05, 3.63) is 35.4 Å². The van der Waals surface area contributed by atoms with Gasteiger partial charge in [0.15, 0.2) is 5.96 Å². The second-order valence-electron chi connectivity index (χ2n) is 8.04. The lowest BCUT2D eigenvalue weighted by Crippen LogP contribution is -2.45. The molecular weight excluding hydrogens is 364 g/mol. The quantitative estimate of drug-likeness (QED) is 0.387. The van der Waals surface area contributed by atoms with Gasteiger partial charge in [-0.2, -0.15) is 0 Å². The van der Waals surface area contributed by atoms with Crippen molar-refractivity contribution in [3.8, 4) is 0 Å². The van der Waals surface area contributed by atoms with E-state index in [9.17, 15) is 4.79 Å². The van der Waals surface area contributed by atoms with Crippen molar-refractivity contribution < 1.29 is 4.79 Å². The number of likely N-dealkylation sites (N-methyl/N-ethyl adjacent to an activating group) is 1. The first-order chi connectivity index (χ1) is 13.7. The van der Waals surface area contributed by atoms with Crippen molar-refractivity contribution in [1.29, 1.82) is 0 Å². The Balaban J connectivity index is 2.51. The molecule has 1 rings (SSSR count). The van der Waals surface area contributed by atoms with Gasteiger partial charge >= 0.3 is 0 Å². The van der Waals surface area contributed by atoms with E-state index in [1.165, 1.54) is 0 Å². The van der Waals surface area contributed by atoms with Crippen molar-refractivity contribution in [2.45, 2.75) is 46.3 Å². The average molecular weight is 405 g/mol. The molecule has 0 aromatic heterocycles. The third kappa shape index (κ3) is 9.76. The van der Waals surface area contributed by atoms with E-state index in [0.29, 0.717) is 30.7 Å². The van der Waals surface area contributed by atoms with Gasteiger partial charge in [0.25, 0.3) is 5.91 Å². The first-order valence-electron chi connectivity index (χ1n) is 10.5. The number of amides is 1. The van der Waals surface area contributed by atoms with E-state index in [0.717, 1.165) is 31.2 Å². The summed E-state index contributed by atoms with van der Waals surface area (Å²) in [5, 5.41) is 9.64. The Morgan fingerprint density at radius 2 is 1.66 bits per heavy atom. The maximum atomic E-state index is 12.3. The zero-order valence-corrected chi connectivity index (χ0v) is 19.2. The van der Waals surface area contributed by atoms with E-state index >= 15 is 0 Å². The number of guanidine groups is 1. The van der Waals surface area contributed by atoms with Crippen LogP contribution in [0, 0.1) is 0 Å². The number of rotatable bonds is 11. The van der Waals surface area contributed by atoms with Gasteiger partial charge < -0.3 is 20.9 Å². The molecule has 0 atom stereocenters. The lowest BCUT2D eigenvalue weighted by atomic mass is 10.1. The average Bonchev–Trinajstić information content (AvgIpc) is 2.66. The van der Waals surface area contributed by atoms with Gasteiger partial charge in [0.1, 0.15) is 0 Å². The van der Waals surface area contributed by atoms with Crippen LogP contribution in [0.25, 0.3) is 0 Å². The smallest absolute Gasteiger partial charge is 0.251 e. The molecule has 164 valence electrons. The number of aliphatic imine (C=N–C) groups is 1. The fourth-order valence-corrected chi connectivity index (χ4v) is 3.14. The Bertz CT molecular complexity index is 634. The molecule has 0 saturated carbocycles. The number of hydrogen-bond acceptors (Lipinski definition) is 4. The minimum Gasteiger partial charge on any atom is -0.355 e. The van der Waals surface area contributed by atoms with Crippen LogP contribution in [0.3, 0.4) is 0 Å². The molecule has 29 heavy (non-hydrogen) atoms. The van der Waals surface area contributed by atoms with Gasteiger partial charge in [-0.1, -0.05) is 12.1 Å². The monoisotopic (exact) mass is 404 g/mol. The Morgan fingerprint density at radius 3 is 2.24 bits per heavy atom. The van der Waals surface area contributed by atoms with Gasteiger partial charge in [0.05, 0.1) is 0 Å². The van der Waals surface area contributed by atoms with Crippen molar-refractivity contribution in [2.24, 2.45) is 4.99 Å². The highest BCUT2D eigenvalue weighted by molar-refractivity contribution is 5.94. The van der Waals surface area contributed by atoms with Gasteiger partial charge in [0, 0.05) is 57.4 Å². The number of carbonyl (C=O) groups is 1. The van der Waals surface area contributed by atoms with Crippen LogP contribution >= 0.6 is 0 Å². The summed E-state index contributed by atoms with van der Waals surface area (Å²) in [4.78, 5) is 21.1. The zero-order chi connectivity index (χ0) is 21.8. The van der Waals surface area contributed by atoms with Gasteiger partial charge in [-0.15, -0.1) is 0 Å². The number of nitrogens with zero attached hydrogens (tertiary/aromatic N) is 3. The van der Waals surface area contributed by atoms with Crippen LogP contribution in [-0.2, 0) is 6.54 Å². The summed E-state index contributed by atoms with van der Waals surface area (Å²) >= 11 is 0. The lowest BCUT2D eigenvalue weighted by molar-refractivity contribution is 0.0951. The summed E-state index contributed by atoms with van der Waals surface area (Å²) in [7, 11) is 5.75. The highest BCUT2D eigenvalue weighted by Gasteiger charge is 2.12. The number of carbonyl (C=O) groups excluding carboxylic acids is 1. The minimum absolute atomic E-state index is 0.0429. The Labute approximate surface area is 176 Å². The van der Waals surface area contributed by atoms with Crippen LogP contribution in [0.2, 0.25) is 0 Å². The molecule has 0 bridgehead atoms. The number of hydrogen-bond donors (Lipinski definition) is 3. The molecular formula is C22H40N6O. The third-order valence-electron chi connectivity index (χ3n) is 4.71. The predicted octanol–water partition coefficient (Wildman–Crippen LogP) is 1.76. The van der Waals surface area contributed by atoms with Crippen LogP contribution in [0.5, 0.6) is 0 Å². The highest BCUT2D eigenvalue weighted by atomic mass is 16.1. The van der Waals surface area contributed by atoms with E-state index in [1.807, 2.05) is 43.3 Å². The van der Waals surface area contributed by atoms with E-state index in [2.05, 4.69) is 53.5 Å². The first kappa shape index (κ1) is 24.9. The molecule has 0 fully saturated rings. The molecule has 0 unspecified atom stereocenters. The molecule has 7 nitrogen and oxygen atoms in total. The van der Waals surface area contributed by atoms with Gasteiger partial charge in [-0.25, -0.2) is 0 Å². The number of benzene rings is 1. The summed E-state index contributed by atoms with van der Waals surface area (Å²) in [5.74, 6) is 0.719. The Kier molecular flexibility index (Phi) is 11.3. The molecule has 1 amide bonds. The number of nitrogens with one attached hydrogen (secondary N) is 3. The predicted molar refractivity (Wildman–Crippen MR) is 123 cm³/mol. The van der Waals surface area contributed by atoms with Gasteiger partial charge in [-0.3, -0.25) is 14.7 Å². The summed E-state index contributed by atoms with van der Waals surface area (Å²) in [5.41, 5.74) is 1.72. The van der Waals surface area contributed by atoms with E-state index in [-0.39, 0.29) is 5.91 Å². The summed E-state index contributed by atoms with van der Waals surface area (Å²) in [6.07, 6.45) is 0. The molecule has 0 aliphatic rings. The van der Waals surface area contributed by atoms with E-state index < -0.39 is 0 Å². The largest absolute Gasteiger partial charge is 0.355 e. The summed E-state index contributed by atoms with van der Waals surface area (Å²) in [6.45, 7) is 12.7. The lowest BCUT2D eigenvalue weighted by Gasteiger charge is -2.30. The van der Waals surface area contributed by atoms with Crippen LogP contribution in [0.1, 0.15) is 43.6 Å². The molecule has 0 spiro atoms. The molecule has 0 radical (unpaired) electrons. The summed E-state index contributed by atoms with van der Waals surface area (Å²) in [6, 6.07) is 8.71. The van der Waals surface area contributed by atoms with E-state index in [4.69, 9.17) is 0 Å². The molecule has 0 aliphatic heterocycles. The minimum atomic E-state index is -0.0429. The van der Waals surface area contributed by atoms with Crippen molar-refractivity contribution in [2.75, 3.05) is 47.3 Å². The molecule has 1 aromatic carbocycles. The second-order valence-corrected chi connectivity index (χ2v) is 8.04. The standard InChI is InChI=1S/C22H40N6O/c1-17(2)28(18(3)4)14-12-25-22(23-5)26-16-19-9-8-10-20(15-19)21(29)24-11-13-27(6)7/h8-10,15,17-18H,11-14,16H2,1-7H3,(H,24,29)(H2,23,25,26). The third-order valence-corrected chi connectivity index (χ3v) is 4.71. The van der Waals surface area contributed by atoms with Crippen LogP contribution in [0.4, 0.5) is 0 Å². The fourth-order valence-electron chi connectivity index (χ4n) is 3.14. The van der Waals surface area contributed by atoms with Crippen molar-refractivity contribution in [3.63, 3.8) is 0 Å². The Hall–Kier alpha value is -2.12. The van der Waals surface area contributed by atoms with Crippen molar-refractivity contribution >= 4 is 11.9 Å². The zero-order valence-electron chi connectivity index (χ0n) is 19.2. The van der Waals surface area contributed by atoms with Gasteiger partial charge in [0.2, 0.25) is 0 Å². The molecule has 7 heteroatoms. The van der Waals surface area contributed by atoms with E-state index in [1.54, 1.807) is 7.05 Å². The maximum absolute atomic E-state index is 12.3. The maximum Gasteiger partial charge on any atom is 0.251 e. The molecule has 1 aromatic rings. The molecule has 3 N–H and O–H groups in total. The fraction of sp³-hybridized carbons (Fsp3) is 0.636. The normalized spacial score (nSPS) is 12.2.